The predicted octanol–water partition coefficient (Wildman–Crippen LogP) is 2.00. The van der Waals surface area contributed by atoms with Gasteiger partial charge in [-0.2, -0.15) is 0 Å². The molecule has 2 aromatic carbocycles. The smallest absolute Gasteiger partial charge is 0.286 e. The standard InChI is InChI=1S/C17H14N2O4S/c20-15-14(24-17(23)19-15)8-10-4-6-11(7-5-10)12-2-1-3-13(9-12)18-16(21)22/h1-7,9,14,18H,8H2,(H,21,22)(H,19,20,23)/p-1. The number of benzene rings is 2. The number of anilines is 1. The van der Waals surface area contributed by atoms with Crippen LogP contribution in [0.15, 0.2) is 48.5 Å². The second-order valence-electron chi connectivity index (χ2n) is 5.28. The molecule has 3 rings (SSSR count). The lowest BCUT2D eigenvalue weighted by Gasteiger charge is -2.10. The highest BCUT2D eigenvalue weighted by molar-refractivity contribution is 8.15. The van der Waals surface area contributed by atoms with Crippen LogP contribution < -0.4 is 15.7 Å². The van der Waals surface area contributed by atoms with Crippen molar-refractivity contribution in [2.45, 2.75) is 11.7 Å². The van der Waals surface area contributed by atoms with Crippen molar-refractivity contribution in [3.63, 3.8) is 0 Å². The summed E-state index contributed by atoms with van der Waals surface area (Å²) in [6.07, 6.45) is -0.876. The highest BCUT2D eigenvalue weighted by atomic mass is 32.2. The van der Waals surface area contributed by atoms with E-state index in [2.05, 4.69) is 10.6 Å². The monoisotopic (exact) mass is 341 g/mol. The van der Waals surface area contributed by atoms with Crippen molar-refractivity contribution in [3.8, 4) is 11.1 Å². The van der Waals surface area contributed by atoms with Crippen LogP contribution in [0.3, 0.4) is 0 Å². The minimum atomic E-state index is -1.36. The largest absolute Gasteiger partial charge is 0.530 e. The maximum atomic E-state index is 11.6. The van der Waals surface area contributed by atoms with Crippen LogP contribution in [0, 0.1) is 0 Å². The molecule has 0 aliphatic carbocycles. The quantitative estimate of drug-likeness (QED) is 0.886. The lowest BCUT2D eigenvalue weighted by molar-refractivity contribution is -0.242. The molecule has 0 saturated carbocycles. The summed E-state index contributed by atoms with van der Waals surface area (Å²) in [5.74, 6) is -0.255. The first-order valence-electron chi connectivity index (χ1n) is 7.20. The van der Waals surface area contributed by atoms with Crippen LogP contribution in [0.4, 0.5) is 15.3 Å². The van der Waals surface area contributed by atoms with E-state index in [1.807, 2.05) is 30.3 Å². The van der Waals surface area contributed by atoms with Gasteiger partial charge in [0.1, 0.15) is 6.09 Å². The summed E-state index contributed by atoms with van der Waals surface area (Å²) in [5, 5.41) is 14.4. The van der Waals surface area contributed by atoms with Crippen LogP contribution >= 0.6 is 11.8 Å². The van der Waals surface area contributed by atoms with Crippen molar-refractivity contribution in [2.75, 3.05) is 5.32 Å². The summed E-state index contributed by atoms with van der Waals surface area (Å²) >= 11 is 1.01. The van der Waals surface area contributed by atoms with Gasteiger partial charge in [0.25, 0.3) is 5.24 Å². The minimum Gasteiger partial charge on any atom is -0.530 e. The Labute approximate surface area is 142 Å². The highest BCUT2D eigenvalue weighted by Gasteiger charge is 2.31. The van der Waals surface area contributed by atoms with Crippen LogP contribution in [0.5, 0.6) is 0 Å². The van der Waals surface area contributed by atoms with Crippen molar-refractivity contribution in [1.29, 1.82) is 0 Å². The first kappa shape index (κ1) is 16.1. The molecular weight excluding hydrogens is 328 g/mol. The number of hydrogen-bond donors (Lipinski definition) is 2. The van der Waals surface area contributed by atoms with E-state index in [-0.39, 0.29) is 16.4 Å². The number of hydrogen-bond acceptors (Lipinski definition) is 5. The summed E-state index contributed by atoms with van der Waals surface area (Å²) < 4.78 is 0. The molecule has 3 amide bonds. The molecule has 0 spiro atoms. The normalized spacial score (nSPS) is 16.8. The van der Waals surface area contributed by atoms with Gasteiger partial charge in [-0.3, -0.25) is 14.9 Å². The van der Waals surface area contributed by atoms with Gasteiger partial charge in [0, 0.05) is 5.69 Å². The van der Waals surface area contributed by atoms with E-state index in [0.29, 0.717) is 12.1 Å². The van der Waals surface area contributed by atoms with Gasteiger partial charge < -0.3 is 15.2 Å². The van der Waals surface area contributed by atoms with Crippen molar-refractivity contribution in [2.24, 2.45) is 0 Å². The Kier molecular flexibility index (Phi) is 4.52. The first-order chi connectivity index (χ1) is 11.5. The Hall–Kier alpha value is -2.80. The van der Waals surface area contributed by atoms with Gasteiger partial charge in [0.2, 0.25) is 5.91 Å². The van der Waals surface area contributed by atoms with E-state index >= 15 is 0 Å². The maximum Gasteiger partial charge on any atom is 0.286 e. The molecule has 1 unspecified atom stereocenters. The topological polar surface area (TPSA) is 98.3 Å². The van der Waals surface area contributed by atoms with Crippen LogP contribution in [0.1, 0.15) is 5.56 Å². The highest BCUT2D eigenvalue weighted by Crippen LogP contribution is 2.26. The number of carbonyl (C=O) groups is 3. The number of carboxylic acid groups (broad SMARTS) is 1. The van der Waals surface area contributed by atoms with Gasteiger partial charge in [0.05, 0.1) is 5.25 Å². The Morgan fingerprint density at radius 1 is 1.12 bits per heavy atom. The number of thioether (sulfide) groups is 1. The zero-order valence-corrected chi connectivity index (χ0v) is 13.3. The minimum absolute atomic E-state index is 0.255. The SMILES string of the molecule is O=C([O-])Nc1cccc(-c2ccc(CC3SC(=O)NC3=O)cc2)c1. The molecule has 2 N–H and O–H groups in total. The zero-order chi connectivity index (χ0) is 17.1. The van der Waals surface area contributed by atoms with Gasteiger partial charge in [-0.1, -0.05) is 48.2 Å². The summed E-state index contributed by atoms with van der Waals surface area (Å²) in [5.41, 5.74) is 3.16. The van der Waals surface area contributed by atoms with Crippen molar-refractivity contribution >= 4 is 34.7 Å². The second kappa shape index (κ2) is 6.76. The van der Waals surface area contributed by atoms with E-state index in [1.54, 1.807) is 18.2 Å². The average Bonchev–Trinajstić information content (AvgIpc) is 2.85. The summed E-state index contributed by atoms with van der Waals surface area (Å²) in [6.45, 7) is 0. The summed E-state index contributed by atoms with van der Waals surface area (Å²) in [6, 6.07) is 14.5. The van der Waals surface area contributed by atoms with Crippen LogP contribution in [0.25, 0.3) is 11.1 Å². The predicted molar refractivity (Wildman–Crippen MR) is 89.5 cm³/mol. The third-order valence-corrected chi connectivity index (χ3v) is 4.57. The molecule has 1 atom stereocenters. The third-order valence-electron chi connectivity index (χ3n) is 3.58. The van der Waals surface area contributed by atoms with E-state index in [4.69, 9.17) is 0 Å². The average molecular weight is 341 g/mol. The molecule has 6 nitrogen and oxygen atoms in total. The lowest BCUT2D eigenvalue weighted by atomic mass is 10.0. The molecule has 2 aromatic rings. The van der Waals surface area contributed by atoms with Gasteiger partial charge in [-0.25, -0.2) is 0 Å². The Balaban J connectivity index is 1.74. The Morgan fingerprint density at radius 2 is 1.88 bits per heavy atom. The number of nitrogens with one attached hydrogen (secondary N) is 2. The number of amides is 3. The van der Waals surface area contributed by atoms with E-state index in [9.17, 15) is 19.5 Å². The van der Waals surface area contributed by atoms with Crippen LogP contribution in [-0.4, -0.2) is 22.5 Å². The molecular formula is C17H13N2O4S-. The fourth-order valence-electron chi connectivity index (χ4n) is 2.47. The van der Waals surface area contributed by atoms with Crippen LogP contribution in [0.2, 0.25) is 0 Å². The van der Waals surface area contributed by atoms with E-state index in [1.165, 1.54) is 0 Å². The Morgan fingerprint density at radius 3 is 2.50 bits per heavy atom. The van der Waals surface area contributed by atoms with Crippen molar-refractivity contribution < 1.29 is 19.5 Å². The molecule has 1 saturated heterocycles. The first-order valence-corrected chi connectivity index (χ1v) is 8.08. The molecule has 1 heterocycles. The number of carbonyl (C=O) groups excluding carboxylic acids is 3. The molecule has 1 aliphatic heterocycles. The molecule has 122 valence electrons. The lowest BCUT2D eigenvalue weighted by Crippen LogP contribution is -2.28. The van der Waals surface area contributed by atoms with Gasteiger partial charge in [-0.15, -0.1) is 0 Å². The van der Waals surface area contributed by atoms with E-state index < -0.39 is 6.09 Å². The summed E-state index contributed by atoms with van der Waals surface area (Å²) in [4.78, 5) is 33.4. The fourth-order valence-corrected chi connectivity index (χ4v) is 3.33. The number of rotatable bonds is 4. The summed E-state index contributed by atoms with van der Waals surface area (Å²) in [7, 11) is 0. The molecule has 0 radical (unpaired) electrons. The molecule has 1 fully saturated rings. The molecule has 0 aromatic heterocycles. The number of imide groups is 1. The fraction of sp³-hybridized carbons (Fsp3) is 0.118. The van der Waals surface area contributed by atoms with Crippen molar-refractivity contribution in [3.05, 3.63) is 54.1 Å². The zero-order valence-electron chi connectivity index (χ0n) is 12.4. The van der Waals surface area contributed by atoms with Gasteiger partial charge in [-0.05, 0) is 35.2 Å². The van der Waals surface area contributed by atoms with Gasteiger partial charge in [0.15, 0.2) is 0 Å². The molecule has 7 heteroatoms. The van der Waals surface area contributed by atoms with Crippen molar-refractivity contribution in [1.82, 2.24) is 5.32 Å². The molecule has 1 aliphatic rings. The van der Waals surface area contributed by atoms with Crippen LogP contribution in [-0.2, 0) is 11.2 Å². The second-order valence-corrected chi connectivity index (χ2v) is 6.45. The van der Waals surface area contributed by atoms with Gasteiger partial charge >= 0.3 is 0 Å². The molecule has 24 heavy (non-hydrogen) atoms. The van der Waals surface area contributed by atoms with E-state index in [0.717, 1.165) is 28.5 Å². The third kappa shape index (κ3) is 3.75. The molecule has 0 bridgehead atoms. The maximum absolute atomic E-state index is 11.6. The Bertz CT molecular complexity index is 804.